The molecule has 1 aromatic heterocycles. The second-order valence-electron chi connectivity index (χ2n) is 4.11. The summed E-state index contributed by atoms with van der Waals surface area (Å²) in [5, 5.41) is 0. The number of methoxy groups -OCH3 is 1. The van der Waals surface area contributed by atoms with Gasteiger partial charge in [0, 0.05) is 0 Å². The SMILES string of the molecule is C/C=C/c1ccc(Oc2ncnc(N)c2C=O)c(OC)c1. The average Bonchev–Trinajstić information content (AvgIpc) is 2.49. The number of ether oxygens (including phenoxy) is 2. The Morgan fingerprint density at radius 2 is 2.05 bits per heavy atom. The van der Waals surface area contributed by atoms with Crippen LogP contribution in [0.2, 0.25) is 0 Å². The van der Waals surface area contributed by atoms with Crippen molar-refractivity contribution in [1.29, 1.82) is 0 Å². The zero-order chi connectivity index (χ0) is 15.2. The molecule has 6 nitrogen and oxygen atoms in total. The molecule has 0 aliphatic heterocycles. The van der Waals surface area contributed by atoms with E-state index in [-0.39, 0.29) is 17.3 Å². The third-order valence-corrected chi connectivity index (χ3v) is 2.75. The Hall–Kier alpha value is -2.89. The molecule has 108 valence electrons. The van der Waals surface area contributed by atoms with Crippen LogP contribution in [-0.4, -0.2) is 23.4 Å². The first-order chi connectivity index (χ1) is 10.2. The summed E-state index contributed by atoms with van der Waals surface area (Å²) in [6.45, 7) is 1.93. The number of aldehydes is 1. The zero-order valence-electron chi connectivity index (χ0n) is 11.7. The molecule has 2 aromatic rings. The number of hydrogen-bond donors (Lipinski definition) is 1. The number of nitrogens with zero attached hydrogens (tertiary/aromatic N) is 2. The predicted octanol–water partition coefficient (Wildman–Crippen LogP) is 2.71. The fourth-order valence-corrected chi connectivity index (χ4v) is 1.75. The number of carbonyl (C=O) groups excluding carboxylic acids is 1. The molecule has 0 saturated heterocycles. The monoisotopic (exact) mass is 285 g/mol. The van der Waals surface area contributed by atoms with Crippen molar-refractivity contribution >= 4 is 18.2 Å². The highest BCUT2D eigenvalue weighted by molar-refractivity contribution is 5.84. The van der Waals surface area contributed by atoms with Gasteiger partial charge in [0.25, 0.3) is 0 Å². The van der Waals surface area contributed by atoms with Gasteiger partial charge in [0.1, 0.15) is 17.7 Å². The van der Waals surface area contributed by atoms with E-state index in [4.69, 9.17) is 15.2 Å². The van der Waals surface area contributed by atoms with E-state index >= 15 is 0 Å². The smallest absolute Gasteiger partial charge is 0.235 e. The Morgan fingerprint density at radius 1 is 1.24 bits per heavy atom. The van der Waals surface area contributed by atoms with Crippen LogP contribution < -0.4 is 15.2 Å². The maximum absolute atomic E-state index is 11.1. The summed E-state index contributed by atoms with van der Waals surface area (Å²) in [6, 6.07) is 5.42. The molecule has 0 amide bonds. The van der Waals surface area contributed by atoms with E-state index in [1.807, 2.05) is 31.2 Å². The van der Waals surface area contributed by atoms with Gasteiger partial charge in [0.15, 0.2) is 17.8 Å². The fourth-order valence-electron chi connectivity index (χ4n) is 1.75. The Kier molecular flexibility index (Phi) is 4.50. The highest BCUT2D eigenvalue weighted by Crippen LogP contribution is 2.33. The molecule has 0 saturated carbocycles. The normalized spacial score (nSPS) is 10.6. The van der Waals surface area contributed by atoms with Crippen LogP contribution in [0.1, 0.15) is 22.8 Å². The number of anilines is 1. The van der Waals surface area contributed by atoms with E-state index in [2.05, 4.69) is 9.97 Å². The van der Waals surface area contributed by atoms with Crippen molar-refractivity contribution in [2.75, 3.05) is 12.8 Å². The molecule has 2 rings (SSSR count). The molecule has 0 spiro atoms. The summed E-state index contributed by atoms with van der Waals surface area (Å²) in [7, 11) is 1.54. The van der Waals surface area contributed by atoms with Crippen molar-refractivity contribution in [3.8, 4) is 17.4 Å². The lowest BCUT2D eigenvalue weighted by Gasteiger charge is -2.11. The summed E-state index contributed by atoms with van der Waals surface area (Å²) < 4.78 is 10.9. The molecular weight excluding hydrogens is 270 g/mol. The largest absolute Gasteiger partial charge is 0.493 e. The number of benzene rings is 1. The van der Waals surface area contributed by atoms with Crippen LogP contribution in [0.4, 0.5) is 5.82 Å². The molecule has 0 aliphatic rings. The molecule has 0 aliphatic carbocycles. The second kappa shape index (κ2) is 6.51. The first kappa shape index (κ1) is 14.5. The van der Waals surface area contributed by atoms with Gasteiger partial charge in [-0.05, 0) is 24.6 Å². The number of carbonyl (C=O) groups is 1. The quantitative estimate of drug-likeness (QED) is 0.850. The zero-order valence-corrected chi connectivity index (χ0v) is 11.7. The average molecular weight is 285 g/mol. The van der Waals surface area contributed by atoms with Gasteiger partial charge in [-0.3, -0.25) is 4.79 Å². The molecule has 21 heavy (non-hydrogen) atoms. The van der Waals surface area contributed by atoms with Gasteiger partial charge in [-0.15, -0.1) is 0 Å². The number of aromatic nitrogens is 2. The van der Waals surface area contributed by atoms with E-state index in [0.29, 0.717) is 17.8 Å². The van der Waals surface area contributed by atoms with Crippen molar-refractivity contribution in [1.82, 2.24) is 9.97 Å². The highest BCUT2D eigenvalue weighted by Gasteiger charge is 2.13. The first-order valence-electron chi connectivity index (χ1n) is 6.23. The van der Waals surface area contributed by atoms with E-state index in [1.54, 1.807) is 6.07 Å². The Balaban J connectivity index is 2.40. The van der Waals surface area contributed by atoms with Crippen molar-refractivity contribution in [2.45, 2.75) is 6.92 Å². The van der Waals surface area contributed by atoms with Crippen LogP contribution in [0.25, 0.3) is 6.08 Å². The minimum absolute atomic E-state index is 0.0690. The van der Waals surface area contributed by atoms with Gasteiger partial charge in [-0.25, -0.2) is 9.97 Å². The van der Waals surface area contributed by atoms with E-state index in [9.17, 15) is 4.79 Å². The van der Waals surface area contributed by atoms with Gasteiger partial charge in [-0.1, -0.05) is 18.2 Å². The molecule has 0 atom stereocenters. The second-order valence-corrected chi connectivity index (χ2v) is 4.11. The predicted molar refractivity (Wildman–Crippen MR) is 79.6 cm³/mol. The molecule has 0 fully saturated rings. The van der Waals surface area contributed by atoms with E-state index in [1.165, 1.54) is 13.4 Å². The van der Waals surface area contributed by atoms with Crippen LogP contribution in [0.5, 0.6) is 17.4 Å². The molecule has 0 bridgehead atoms. The van der Waals surface area contributed by atoms with Crippen LogP contribution in [-0.2, 0) is 0 Å². The Morgan fingerprint density at radius 3 is 2.71 bits per heavy atom. The highest BCUT2D eigenvalue weighted by atomic mass is 16.5. The van der Waals surface area contributed by atoms with Gasteiger partial charge in [-0.2, -0.15) is 0 Å². The Bertz CT molecular complexity index is 684. The molecule has 2 N–H and O–H groups in total. The van der Waals surface area contributed by atoms with Crippen LogP contribution in [0, 0.1) is 0 Å². The molecule has 1 aromatic carbocycles. The molecule has 1 heterocycles. The van der Waals surface area contributed by atoms with E-state index < -0.39 is 0 Å². The molecular formula is C15H15N3O3. The van der Waals surface area contributed by atoms with Crippen molar-refractivity contribution in [3.05, 3.63) is 41.7 Å². The lowest BCUT2D eigenvalue weighted by molar-refractivity contribution is 0.112. The Labute approximate surface area is 122 Å². The van der Waals surface area contributed by atoms with Crippen molar-refractivity contribution < 1.29 is 14.3 Å². The van der Waals surface area contributed by atoms with Gasteiger partial charge < -0.3 is 15.2 Å². The summed E-state index contributed by atoms with van der Waals surface area (Å²) in [5.41, 5.74) is 6.70. The summed E-state index contributed by atoms with van der Waals surface area (Å²) in [5.74, 6) is 1.13. The lowest BCUT2D eigenvalue weighted by Crippen LogP contribution is -2.02. The first-order valence-corrected chi connectivity index (χ1v) is 6.23. The van der Waals surface area contributed by atoms with Crippen molar-refractivity contribution in [2.24, 2.45) is 0 Å². The number of nitrogen functional groups attached to an aromatic ring is 1. The third kappa shape index (κ3) is 3.17. The van der Waals surface area contributed by atoms with E-state index in [0.717, 1.165) is 5.56 Å². The lowest BCUT2D eigenvalue weighted by atomic mass is 10.2. The topological polar surface area (TPSA) is 87.3 Å². The van der Waals surface area contributed by atoms with Gasteiger partial charge in [0.2, 0.25) is 5.88 Å². The van der Waals surface area contributed by atoms with Gasteiger partial charge in [0.05, 0.1) is 7.11 Å². The fraction of sp³-hybridized carbons (Fsp3) is 0.133. The minimum Gasteiger partial charge on any atom is -0.493 e. The summed E-state index contributed by atoms with van der Waals surface area (Å²) in [4.78, 5) is 18.7. The third-order valence-electron chi connectivity index (χ3n) is 2.75. The number of allylic oxidation sites excluding steroid dienone is 1. The van der Waals surface area contributed by atoms with Crippen LogP contribution in [0.3, 0.4) is 0 Å². The van der Waals surface area contributed by atoms with Crippen molar-refractivity contribution in [3.63, 3.8) is 0 Å². The summed E-state index contributed by atoms with van der Waals surface area (Å²) >= 11 is 0. The van der Waals surface area contributed by atoms with Crippen LogP contribution >= 0.6 is 0 Å². The maximum atomic E-state index is 11.1. The standard InChI is InChI=1S/C15H15N3O3/c1-3-4-10-5-6-12(13(7-10)20-2)21-15-11(8-19)14(16)17-9-18-15/h3-9H,1-2H3,(H2,16,17,18)/b4-3+. The number of hydrogen-bond acceptors (Lipinski definition) is 6. The molecule has 6 heteroatoms. The minimum atomic E-state index is 0.0690. The molecule has 0 radical (unpaired) electrons. The maximum Gasteiger partial charge on any atom is 0.235 e. The number of nitrogens with two attached hydrogens (primary N) is 1. The number of rotatable bonds is 5. The summed E-state index contributed by atoms with van der Waals surface area (Å²) in [6.07, 6.45) is 5.65. The molecule has 0 unspecified atom stereocenters. The van der Waals surface area contributed by atoms with Gasteiger partial charge >= 0.3 is 0 Å². The van der Waals surface area contributed by atoms with Crippen LogP contribution in [0.15, 0.2) is 30.6 Å².